The molecule has 1 aromatic heterocycles. The smallest absolute Gasteiger partial charge is 0.169 e. The zero-order valence-electron chi connectivity index (χ0n) is 11.0. The van der Waals surface area contributed by atoms with Crippen molar-refractivity contribution in [2.24, 2.45) is 0 Å². The van der Waals surface area contributed by atoms with Gasteiger partial charge in [-0.3, -0.25) is 0 Å². The molecule has 0 aliphatic rings. The normalized spacial score (nSPS) is 10.8. The fraction of sp³-hybridized carbons (Fsp3) is 0.333. The van der Waals surface area contributed by atoms with E-state index in [4.69, 9.17) is 9.15 Å². The van der Waals surface area contributed by atoms with Crippen molar-refractivity contribution in [2.45, 2.75) is 26.6 Å². The second-order valence-electron chi connectivity index (χ2n) is 4.22. The second-order valence-corrected chi connectivity index (χ2v) is 5.00. The first-order valence-corrected chi connectivity index (χ1v) is 7.18. The molecule has 0 radical (unpaired) electrons. The van der Waals surface area contributed by atoms with Gasteiger partial charge in [-0.25, -0.2) is 0 Å². The summed E-state index contributed by atoms with van der Waals surface area (Å²) < 4.78 is 11.7. The molecule has 0 aliphatic carbocycles. The van der Waals surface area contributed by atoms with Crippen molar-refractivity contribution in [2.75, 3.05) is 6.61 Å². The maximum absolute atomic E-state index is 5.48. The van der Waals surface area contributed by atoms with Gasteiger partial charge in [-0.1, -0.05) is 24.3 Å². The molecule has 0 aliphatic heterocycles. The molecular formula is C15H18BrNO2. The Balaban J connectivity index is 1.88. The maximum Gasteiger partial charge on any atom is 0.169 e. The topological polar surface area (TPSA) is 34.4 Å². The first-order chi connectivity index (χ1) is 9.29. The van der Waals surface area contributed by atoms with E-state index in [1.165, 1.54) is 11.1 Å². The van der Waals surface area contributed by atoms with Crippen molar-refractivity contribution in [1.29, 1.82) is 0 Å². The summed E-state index contributed by atoms with van der Waals surface area (Å²) in [7, 11) is 0. The molecule has 102 valence electrons. The van der Waals surface area contributed by atoms with Crippen molar-refractivity contribution in [3.63, 3.8) is 0 Å². The van der Waals surface area contributed by atoms with Crippen molar-refractivity contribution in [3.05, 3.63) is 58.0 Å². The number of rotatable bonds is 7. The average molecular weight is 324 g/mol. The monoisotopic (exact) mass is 323 g/mol. The predicted octanol–water partition coefficient (Wildman–Crippen LogP) is 3.87. The Morgan fingerprint density at radius 2 is 1.89 bits per heavy atom. The molecule has 2 rings (SSSR count). The number of ether oxygens (including phenoxy) is 1. The number of halogens is 1. The van der Waals surface area contributed by atoms with E-state index in [1.807, 2.05) is 25.1 Å². The summed E-state index contributed by atoms with van der Waals surface area (Å²) in [5.74, 6) is 0.925. The van der Waals surface area contributed by atoms with Crippen LogP contribution in [0.15, 0.2) is 45.5 Å². The fourth-order valence-electron chi connectivity index (χ4n) is 1.85. The van der Waals surface area contributed by atoms with E-state index in [2.05, 4.69) is 39.4 Å². The molecule has 1 heterocycles. The van der Waals surface area contributed by atoms with E-state index in [0.717, 1.165) is 23.6 Å². The van der Waals surface area contributed by atoms with Crippen LogP contribution in [0.3, 0.4) is 0 Å². The molecule has 0 atom stereocenters. The van der Waals surface area contributed by atoms with Crippen LogP contribution in [0, 0.1) is 0 Å². The summed E-state index contributed by atoms with van der Waals surface area (Å²) in [6, 6.07) is 12.2. The van der Waals surface area contributed by atoms with Gasteiger partial charge in [0, 0.05) is 13.2 Å². The van der Waals surface area contributed by atoms with Gasteiger partial charge in [0.2, 0.25) is 0 Å². The summed E-state index contributed by atoms with van der Waals surface area (Å²) in [6.45, 7) is 4.94. The number of hydrogen-bond donors (Lipinski definition) is 1. The number of nitrogens with one attached hydrogen (secondary N) is 1. The summed E-state index contributed by atoms with van der Waals surface area (Å²) in [5.41, 5.74) is 2.50. The number of hydrogen-bond acceptors (Lipinski definition) is 3. The predicted molar refractivity (Wildman–Crippen MR) is 78.7 cm³/mol. The van der Waals surface area contributed by atoms with Gasteiger partial charge >= 0.3 is 0 Å². The molecule has 0 bridgehead atoms. The van der Waals surface area contributed by atoms with E-state index >= 15 is 0 Å². The van der Waals surface area contributed by atoms with Crippen molar-refractivity contribution < 1.29 is 9.15 Å². The second kappa shape index (κ2) is 7.48. The van der Waals surface area contributed by atoms with E-state index in [1.54, 1.807) is 0 Å². The first-order valence-electron chi connectivity index (χ1n) is 6.39. The maximum atomic E-state index is 5.48. The molecule has 0 saturated carbocycles. The van der Waals surface area contributed by atoms with Crippen LogP contribution in [0.5, 0.6) is 0 Å². The highest BCUT2D eigenvalue weighted by molar-refractivity contribution is 9.10. The third kappa shape index (κ3) is 4.49. The zero-order chi connectivity index (χ0) is 13.5. The van der Waals surface area contributed by atoms with Crippen LogP contribution >= 0.6 is 15.9 Å². The Labute approximate surface area is 122 Å². The standard InChI is InChI=1S/C15H18BrNO2/c1-2-18-11-13-6-4-3-5-12(13)9-17-10-14-7-8-15(16)19-14/h3-8,17H,2,9-11H2,1H3. The van der Waals surface area contributed by atoms with Crippen LogP contribution in [-0.4, -0.2) is 6.61 Å². The zero-order valence-corrected chi connectivity index (χ0v) is 12.6. The van der Waals surface area contributed by atoms with E-state index in [-0.39, 0.29) is 0 Å². The summed E-state index contributed by atoms with van der Waals surface area (Å²) in [5, 5.41) is 3.38. The Morgan fingerprint density at radius 3 is 2.58 bits per heavy atom. The van der Waals surface area contributed by atoms with Gasteiger partial charge in [0.05, 0.1) is 13.2 Å². The lowest BCUT2D eigenvalue weighted by molar-refractivity contribution is 0.133. The van der Waals surface area contributed by atoms with Gasteiger partial charge in [0.15, 0.2) is 4.67 Å². The van der Waals surface area contributed by atoms with Gasteiger partial charge in [0.25, 0.3) is 0 Å². The Morgan fingerprint density at radius 1 is 1.11 bits per heavy atom. The van der Waals surface area contributed by atoms with Crippen molar-refractivity contribution >= 4 is 15.9 Å². The molecule has 0 saturated heterocycles. The minimum absolute atomic E-state index is 0.667. The minimum Gasteiger partial charge on any atom is -0.453 e. The molecule has 0 fully saturated rings. The molecule has 4 heteroatoms. The van der Waals surface area contributed by atoms with Crippen LogP contribution in [0.2, 0.25) is 0 Å². The van der Waals surface area contributed by atoms with E-state index in [9.17, 15) is 0 Å². The lowest BCUT2D eigenvalue weighted by atomic mass is 10.1. The van der Waals surface area contributed by atoms with Gasteiger partial charge in [-0.2, -0.15) is 0 Å². The third-order valence-corrected chi connectivity index (χ3v) is 3.25. The molecule has 19 heavy (non-hydrogen) atoms. The number of furan rings is 1. The average Bonchev–Trinajstić information content (AvgIpc) is 2.83. The molecule has 1 aromatic carbocycles. The fourth-order valence-corrected chi connectivity index (χ4v) is 2.19. The Kier molecular flexibility index (Phi) is 5.63. The lowest BCUT2D eigenvalue weighted by Gasteiger charge is -2.10. The number of benzene rings is 1. The highest BCUT2D eigenvalue weighted by Crippen LogP contribution is 2.14. The quantitative estimate of drug-likeness (QED) is 0.840. The third-order valence-electron chi connectivity index (χ3n) is 2.82. The van der Waals surface area contributed by atoms with Gasteiger partial charge in [-0.05, 0) is 46.1 Å². The van der Waals surface area contributed by atoms with E-state index in [0.29, 0.717) is 13.2 Å². The molecule has 0 amide bonds. The minimum atomic E-state index is 0.667. The molecule has 0 unspecified atom stereocenters. The van der Waals surface area contributed by atoms with Crippen LogP contribution < -0.4 is 5.32 Å². The summed E-state index contributed by atoms with van der Waals surface area (Å²) >= 11 is 3.30. The molecule has 3 nitrogen and oxygen atoms in total. The van der Waals surface area contributed by atoms with Crippen LogP contribution in [0.1, 0.15) is 23.8 Å². The van der Waals surface area contributed by atoms with Crippen LogP contribution in [0.25, 0.3) is 0 Å². The van der Waals surface area contributed by atoms with Crippen LogP contribution in [0.4, 0.5) is 0 Å². The van der Waals surface area contributed by atoms with Crippen molar-refractivity contribution in [3.8, 4) is 0 Å². The molecule has 0 spiro atoms. The Bertz CT molecular complexity index is 510. The SMILES string of the molecule is CCOCc1ccccc1CNCc1ccc(Br)o1. The van der Waals surface area contributed by atoms with E-state index < -0.39 is 0 Å². The van der Waals surface area contributed by atoms with Gasteiger partial charge < -0.3 is 14.5 Å². The van der Waals surface area contributed by atoms with Gasteiger partial charge in [0.1, 0.15) is 5.76 Å². The largest absolute Gasteiger partial charge is 0.453 e. The van der Waals surface area contributed by atoms with Crippen molar-refractivity contribution in [1.82, 2.24) is 5.32 Å². The first kappa shape index (κ1) is 14.3. The lowest BCUT2D eigenvalue weighted by Crippen LogP contribution is -2.13. The molecule has 1 N–H and O–H groups in total. The van der Waals surface area contributed by atoms with Crippen LogP contribution in [-0.2, 0) is 24.4 Å². The summed E-state index contributed by atoms with van der Waals surface area (Å²) in [4.78, 5) is 0. The summed E-state index contributed by atoms with van der Waals surface area (Å²) in [6.07, 6.45) is 0. The highest BCUT2D eigenvalue weighted by Gasteiger charge is 2.03. The molecular weight excluding hydrogens is 306 g/mol. The molecule has 2 aromatic rings. The Hall–Kier alpha value is -1.10. The highest BCUT2D eigenvalue weighted by atomic mass is 79.9. The van der Waals surface area contributed by atoms with Gasteiger partial charge in [-0.15, -0.1) is 0 Å².